The molecule has 3 aromatic rings. The van der Waals surface area contributed by atoms with E-state index in [0.29, 0.717) is 16.5 Å². The molecule has 1 heterocycles. The Hall–Kier alpha value is -1.11. The lowest BCUT2D eigenvalue weighted by atomic mass is 10.2. The SMILES string of the molecule is Oc1c(Br)cc(Br)c2ccc(CNc3ccc(Br)cc3)nc12. The van der Waals surface area contributed by atoms with Crippen molar-refractivity contribution in [1.82, 2.24) is 4.98 Å². The number of fused-ring (bicyclic) bond motifs is 1. The summed E-state index contributed by atoms with van der Waals surface area (Å²) in [6.45, 7) is 0.584. The standard InChI is InChI=1S/C16H11Br3N2O/c17-9-1-3-10(4-2-9)20-8-11-5-6-12-13(18)7-14(19)16(22)15(12)21-11/h1-7,20,22H,8H2. The summed E-state index contributed by atoms with van der Waals surface area (Å²) in [5, 5.41) is 14.4. The number of anilines is 1. The number of aromatic hydroxyl groups is 1. The normalized spacial score (nSPS) is 10.9. The maximum Gasteiger partial charge on any atom is 0.156 e. The van der Waals surface area contributed by atoms with E-state index in [0.717, 1.165) is 25.7 Å². The lowest BCUT2D eigenvalue weighted by molar-refractivity contribution is 0.477. The summed E-state index contributed by atoms with van der Waals surface area (Å²) in [7, 11) is 0. The second-order valence-electron chi connectivity index (χ2n) is 4.75. The molecule has 0 radical (unpaired) electrons. The first-order valence-electron chi connectivity index (χ1n) is 6.50. The molecule has 2 N–H and O–H groups in total. The van der Waals surface area contributed by atoms with Crippen LogP contribution in [-0.4, -0.2) is 10.1 Å². The van der Waals surface area contributed by atoms with Gasteiger partial charge in [-0.2, -0.15) is 0 Å². The Morgan fingerprint density at radius 2 is 1.68 bits per heavy atom. The number of hydrogen-bond donors (Lipinski definition) is 2. The van der Waals surface area contributed by atoms with Crippen LogP contribution in [0.15, 0.2) is 55.9 Å². The summed E-state index contributed by atoms with van der Waals surface area (Å²) < 4.78 is 2.56. The zero-order valence-corrected chi connectivity index (χ0v) is 16.0. The Morgan fingerprint density at radius 1 is 0.955 bits per heavy atom. The van der Waals surface area contributed by atoms with Crippen LogP contribution in [0.25, 0.3) is 10.9 Å². The molecule has 2 aromatic carbocycles. The molecule has 0 saturated heterocycles. The smallest absolute Gasteiger partial charge is 0.156 e. The van der Waals surface area contributed by atoms with E-state index in [9.17, 15) is 5.11 Å². The monoisotopic (exact) mass is 484 g/mol. The number of aromatic nitrogens is 1. The van der Waals surface area contributed by atoms with E-state index in [2.05, 4.69) is 58.1 Å². The molecule has 3 rings (SSSR count). The van der Waals surface area contributed by atoms with Crippen LogP contribution in [0.2, 0.25) is 0 Å². The molecule has 0 spiro atoms. The van der Waals surface area contributed by atoms with Gasteiger partial charge in [0, 0.05) is 20.0 Å². The van der Waals surface area contributed by atoms with Crippen LogP contribution in [0.3, 0.4) is 0 Å². The molecule has 0 saturated carbocycles. The molecule has 0 bridgehead atoms. The highest BCUT2D eigenvalue weighted by Gasteiger charge is 2.10. The van der Waals surface area contributed by atoms with Crippen molar-refractivity contribution in [3.05, 3.63) is 61.6 Å². The number of phenolic OH excluding ortho intramolecular Hbond substituents is 1. The number of halogens is 3. The molecule has 0 fully saturated rings. The van der Waals surface area contributed by atoms with Crippen molar-refractivity contribution in [2.75, 3.05) is 5.32 Å². The Labute approximate surface area is 153 Å². The first-order valence-corrected chi connectivity index (χ1v) is 8.88. The summed E-state index contributed by atoms with van der Waals surface area (Å²) >= 11 is 10.2. The van der Waals surface area contributed by atoms with Crippen LogP contribution in [0.1, 0.15) is 5.69 Å². The maximum atomic E-state index is 10.2. The molecule has 1 aromatic heterocycles. The van der Waals surface area contributed by atoms with Gasteiger partial charge in [0.1, 0.15) is 5.52 Å². The summed E-state index contributed by atoms with van der Waals surface area (Å²) in [4.78, 5) is 4.55. The Kier molecular flexibility index (Phi) is 4.70. The predicted octanol–water partition coefficient (Wildman–Crippen LogP) is 5.84. The molecule has 0 aliphatic carbocycles. The van der Waals surface area contributed by atoms with Gasteiger partial charge in [-0.1, -0.05) is 31.9 Å². The van der Waals surface area contributed by atoms with E-state index in [4.69, 9.17) is 0 Å². The Balaban J connectivity index is 1.88. The topological polar surface area (TPSA) is 45.1 Å². The van der Waals surface area contributed by atoms with Crippen molar-refractivity contribution in [3.8, 4) is 5.75 Å². The molecule has 112 valence electrons. The van der Waals surface area contributed by atoms with E-state index >= 15 is 0 Å². The van der Waals surface area contributed by atoms with Gasteiger partial charge in [-0.05, 0) is 58.4 Å². The molecule has 0 aliphatic heterocycles. The summed E-state index contributed by atoms with van der Waals surface area (Å²) in [6.07, 6.45) is 0. The van der Waals surface area contributed by atoms with Crippen LogP contribution >= 0.6 is 47.8 Å². The molecule has 22 heavy (non-hydrogen) atoms. The number of pyridine rings is 1. The molecular weight excluding hydrogens is 476 g/mol. The highest BCUT2D eigenvalue weighted by Crippen LogP contribution is 2.36. The van der Waals surface area contributed by atoms with Crippen molar-refractivity contribution in [3.63, 3.8) is 0 Å². The third kappa shape index (κ3) is 3.29. The zero-order chi connectivity index (χ0) is 15.7. The quantitative estimate of drug-likeness (QED) is 0.489. The number of nitrogens with one attached hydrogen (secondary N) is 1. The first-order chi connectivity index (χ1) is 10.5. The Morgan fingerprint density at radius 3 is 2.41 bits per heavy atom. The van der Waals surface area contributed by atoms with Crippen molar-refractivity contribution >= 4 is 64.4 Å². The minimum atomic E-state index is 0.156. The van der Waals surface area contributed by atoms with Crippen LogP contribution in [0.5, 0.6) is 5.75 Å². The van der Waals surface area contributed by atoms with Crippen LogP contribution in [-0.2, 0) is 6.54 Å². The highest BCUT2D eigenvalue weighted by atomic mass is 79.9. The van der Waals surface area contributed by atoms with Crippen molar-refractivity contribution in [2.45, 2.75) is 6.54 Å². The molecule has 3 nitrogen and oxygen atoms in total. The van der Waals surface area contributed by atoms with Crippen LogP contribution < -0.4 is 5.32 Å². The van der Waals surface area contributed by atoms with Gasteiger partial charge < -0.3 is 10.4 Å². The van der Waals surface area contributed by atoms with Crippen molar-refractivity contribution in [2.24, 2.45) is 0 Å². The van der Waals surface area contributed by atoms with E-state index in [1.165, 1.54) is 0 Å². The summed E-state index contributed by atoms with van der Waals surface area (Å²) in [5.74, 6) is 0.156. The fourth-order valence-electron chi connectivity index (χ4n) is 2.10. The predicted molar refractivity (Wildman–Crippen MR) is 100 cm³/mol. The van der Waals surface area contributed by atoms with Gasteiger partial charge in [-0.15, -0.1) is 0 Å². The average Bonchev–Trinajstić information content (AvgIpc) is 2.52. The number of phenols is 1. The fourth-order valence-corrected chi connectivity index (χ4v) is 3.64. The highest BCUT2D eigenvalue weighted by molar-refractivity contribution is 9.11. The minimum Gasteiger partial charge on any atom is -0.505 e. The van der Waals surface area contributed by atoms with Crippen LogP contribution in [0.4, 0.5) is 5.69 Å². The first kappa shape index (κ1) is 15.8. The Bertz CT molecular complexity index is 835. The van der Waals surface area contributed by atoms with E-state index in [-0.39, 0.29) is 5.75 Å². The molecule has 0 aliphatic rings. The van der Waals surface area contributed by atoms with Gasteiger partial charge in [-0.3, -0.25) is 0 Å². The third-order valence-electron chi connectivity index (χ3n) is 3.23. The van der Waals surface area contributed by atoms with E-state index in [1.807, 2.05) is 42.5 Å². The van der Waals surface area contributed by atoms with Gasteiger partial charge in [0.2, 0.25) is 0 Å². The largest absolute Gasteiger partial charge is 0.505 e. The number of hydrogen-bond acceptors (Lipinski definition) is 3. The van der Waals surface area contributed by atoms with Crippen molar-refractivity contribution < 1.29 is 5.11 Å². The number of benzene rings is 2. The molecular formula is C16H11Br3N2O. The molecule has 0 amide bonds. The lowest BCUT2D eigenvalue weighted by Gasteiger charge is -2.09. The van der Waals surface area contributed by atoms with Gasteiger partial charge >= 0.3 is 0 Å². The van der Waals surface area contributed by atoms with Gasteiger partial charge in [0.25, 0.3) is 0 Å². The third-order valence-corrected chi connectivity index (χ3v) is 5.02. The van der Waals surface area contributed by atoms with Crippen molar-refractivity contribution in [1.29, 1.82) is 0 Å². The van der Waals surface area contributed by atoms with Crippen LogP contribution in [0, 0.1) is 0 Å². The lowest BCUT2D eigenvalue weighted by Crippen LogP contribution is -2.01. The maximum absolute atomic E-state index is 10.2. The van der Waals surface area contributed by atoms with Gasteiger partial charge in [-0.25, -0.2) is 4.98 Å². The summed E-state index contributed by atoms with van der Waals surface area (Å²) in [5.41, 5.74) is 2.46. The molecule has 6 heteroatoms. The second kappa shape index (κ2) is 6.56. The minimum absolute atomic E-state index is 0.156. The zero-order valence-electron chi connectivity index (χ0n) is 11.3. The number of rotatable bonds is 3. The van der Waals surface area contributed by atoms with E-state index < -0.39 is 0 Å². The number of nitrogens with zero attached hydrogens (tertiary/aromatic N) is 1. The molecule has 0 atom stereocenters. The van der Waals surface area contributed by atoms with Gasteiger partial charge in [0.15, 0.2) is 5.75 Å². The average molecular weight is 487 g/mol. The fraction of sp³-hybridized carbons (Fsp3) is 0.0625. The van der Waals surface area contributed by atoms with E-state index in [1.54, 1.807) is 0 Å². The second-order valence-corrected chi connectivity index (χ2v) is 7.37. The van der Waals surface area contributed by atoms with Gasteiger partial charge in [0.05, 0.1) is 16.7 Å². The summed E-state index contributed by atoms with van der Waals surface area (Å²) in [6, 6.07) is 13.7. The molecule has 0 unspecified atom stereocenters.